The van der Waals surface area contributed by atoms with Crippen LogP contribution in [-0.2, 0) is 26.5 Å². The van der Waals surface area contributed by atoms with Crippen molar-refractivity contribution in [3.8, 4) is 22.4 Å². The minimum Gasteiger partial charge on any atom is -0.661 e. The van der Waals surface area contributed by atoms with Gasteiger partial charge in [-0.2, -0.15) is 17.7 Å². The Morgan fingerprint density at radius 2 is 1.41 bits per heavy atom. The van der Waals surface area contributed by atoms with Crippen LogP contribution in [0.25, 0.3) is 71.2 Å². The molecule has 0 fully saturated rings. The fraction of sp³-hybridized carbons (Fsp3) is 0.140. The molecule has 0 saturated heterocycles. The Balaban J connectivity index is 0.000000204. The number of rotatable bonds is 7. The standard InChI is InChI=1S/C39H24N2O.C18H24GeN.Ir/c1-2-9-25(10-3-1)27-12-8-13-29(23-27)41-35-21-20-31-30-14-5-4-11-26(30)17-19-33(31)38(35)40-39(41)28-18-22-37-34(24-28)32-15-6-7-16-36(32)42-37;1-14(2)11-16-12-18(15-9-7-6-8-10-15)20-13-17(16)19(3,4)5;/h1-17,19-24,39H;6-9,12-14H,11H2,1-5H3;/q-2;-1;+3. The van der Waals surface area contributed by atoms with Gasteiger partial charge in [0.25, 0.3) is 0 Å². The summed E-state index contributed by atoms with van der Waals surface area (Å²) >= 11 is -1.86. The van der Waals surface area contributed by atoms with Crippen molar-refractivity contribution in [3.05, 3.63) is 205 Å². The number of benzene rings is 8. The molecule has 10 aromatic rings. The van der Waals surface area contributed by atoms with Crippen LogP contribution in [0.3, 0.4) is 0 Å². The molecule has 0 aliphatic carbocycles. The maximum Gasteiger partial charge on any atom is 3.00 e. The number of hydrogen-bond acceptors (Lipinski definition) is 3. The molecule has 1 aliphatic rings. The van der Waals surface area contributed by atoms with Crippen molar-refractivity contribution in [2.75, 3.05) is 4.90 Å². The Bertz CT molecular complexity index is 3230. The topological polar surface area (TPSA) is 43.4 Å². The Morgan fingerprint density at radius 1 is 0.667 bits per heavy atom. The Morgan fingerprint density at radius 3 is 2.21 bits per heavy atom. The zero-order valence-corrected chi connectivity index (χ0v) is 40.7. The molecule has 11 rings (SSSR count). The van der Waals surface area contributed by atoms with Crippen LogP contribution in [0.1, 0.15) is 31.1 Å². The van der Waals surface area contributed by atoms with Crippen LogP contribution in [0, 0.1) is 18.1 Å². The van der Waals surface area contributed by atoms with Crippen LogP contribution in [0.2, 0.25) is 17.3 Å². The fourth-order valence-electron chi connectivity index (χ4n) is 8.97. The Labute approximate surface area is 386 Å². The van der Waals surface area contributed by atoms with Gasteiger partial charge >= 0.3 is 146 Å². The van der Waals surface area contributed by atoms with Crippen molar-refractivity contribution in [2.24, 2.45) is 5.92 Å². The van der Waals surface area contributed by atoms with E-state index >= 15 is 0 Å². The molecule has 0 spiro atoms. The van der Waals surface area contributed by atoms with Gasteiger partial charge in [-0.25, -0.2) is 0 Å². The molecule has 6 heteroatoms. The number of pyridine rings is 1. The van der Waals surface area contributed by atoms with Crippen LogP contribution < -0.4 is 9.30 Å². The minimum absolute atomic E-state index is 0. The first-order valence-electron chi connectivity index (χ1n) is 21.6. The predicted molar refractivity (Wildman–Crippen MR) is 264 cm³/mol. The van der Waals surface area contributed by atoms with Crippen molar-refractivity contribution in [2.45, 2.75) is 43.7 Å². The second-order valence-corrected chi connectivity index (χ2v) is 28.3. The molecule has 0 N–H and O–H groups in total. The second-order valence-electron chi connectivity index (χ2n) is 17.7. The van der Waals surface area contributed by atoms with Gasteiger partial charge in [-0.15, -0.1) is 11.8 Å². The van der Waals surface area contributed by atoms with E-state index in [0.717, 1.165) is 67.6 Å². The van der Waals surface area contributed by atoms with Gasteiger partial charge in [0.15, 0.2) is 0 Å². The van der Waals surface area contributed by atoms with E-state index in [9.17, 15) is 0 Å². The molecule has 0 bridgehead atoms. The van der Waals surface area contributed by atoms with E-state index in [1.807, 2.05) is 36.4 Å². The van der Waals surface area contributed by atoms with Crippen molar-refractivity contribution in [1.82, 2.24) is 4.98 Å². The number of nitrogens with zero attached hydrogens (tertiary/aromatic N) is 3. The van der Waals surface area contributed by atoms with Gasteiger partial charge < -0.3 is 14.6 Å². The molecular weight excluding hydrogens is 1010 g/mol. The van der Waals surface area contributed by atoms with Crippen molar-refractivity contribution < 1.29 is 24.5 Å². The summed E-state index contributed by atoms with van der Waals surface area (Å²) in [5.41, 5.74) is 11.9. The first-order chi connectivity index (χ1) is 30.2. The molecule has 63 heavy (non-hydrogen) atoms. The number of furan rings is 1. The van der Waals surface area contributed by atoms with Gasteiger partial charge in [0.1, 0.15) is 5.58 Å². The summed E-state index contributed by atoms with van der Waals surface area (Å²) in [5, 5.41) is 12.5. The molecule has 0 saturated carbocycles. The molecule has 4 nitrogen and oxygen atoms in total. The SMILES string of the molecule is CC(C)Cc1cc(-c2[c-]cccc2)nc[c]1[Ge]([CH3])([CH3])[CH3].[Ir+3].[c-]1cc2oc3ccccc3c2cc1C1[N-]c2c(ccc3c2ccc2ccccc23)N1c1cccc(-c2ccccc2)c1. The summed E-state index contributed by atoms with van der Waals surface area (Å²) in [7, 11) is 0. The van der Waals surface area contributed by atoms with E-state index in [1.165, 1.54) is 32.8 Å². The molecule has 3 heterocycles. The van der Waals surface area contributed by atoms with Gasteiger partial charge in [0.2, 0.25) is 0 Å². The van der Waals surface area contributed by atoms with E-state index in [0.29, 0.717) is 5.92 Å². The van der Waals surface area contributed by atoms with Gasteiger partial charge in [-0.05, 0) is 63.1 Å². The molecule has 2 aromatic heterocycles. The third kappa shape index (κ3) is 8.34. The maximum absolute atomic E-state index is 6.13. The number of fused-ring (bicyclic) bond motifs is 8. The Kier molecular flexibility index (Phi) is 11.9. The number of aromatic nitrogens is 1. The quantitative estimate of drug-likeness (QED) is 0.0907. The van der Waals surface area contributed by atoms with Gasteiger partial charge in [0.05, 0.1) is 0 Å². The largest absolute Gasteiger partial charge is 3.00 e. The molecule has 1 atom stereocenters. The molecule has 1 aliphatic heterocycles. The third-order valence-electron chi connectivity index (χ3n) is 11.9. The first kappa shape index (κ1) is 42.3. The van der Waals surface area contributed by atoms with E-state index in [4.69, 9.17) is 14.7 Å². The average Bonchev–Trinajstić information content (AvgIpc) is 3.88. The summed E-state index contributed by atoms with van der Waals surface area (Å²) in [4.78, 5) is 7.06. The molecule has 0 amide bonds. The van der Waals surface area contributed by atoms with Gasteiger partial charge in [-0.3, -0.25) is 0 Å². The minimum atomic E-state index is -1.86. The molecule has 1 unspecified atom stereocenters. The molecule has 8 aromatic carbocycles. The van der Waals surface area contributed by atoms with Crippen LogP contribution in [0.4, 0.5) is 17.1 Å². The zero-order chi connectivity index (χ0) is 42.4. The molecule has 0 radical (unpaired) electrons. The summed E-state index contributed by atoms with van der Waals surface area (Å²) in [6, 6.07) is 66.3. The number of hydrogen-bond donors (Lipinski definition) is 0. The smallest absolute Gasteiger partial charge is 0.661 e. The fourth-order valence-corrected chi connectivity index (χ4v) is 12.3. The average molecular weight is 1060 g/mol. The van der Waals surface area contributed by atoms with Crippen LogP contribution in [0.15, 0.2) is 180 Å². The van der Waals surface area contributed by atoms with Crippen LogP contribution in [0.5, 0.6) is 0 Å². The maximum atomic E-state index is 6.13. The Hall–Kier alpha value is -5.98. The second kappa shape index (κ2) is 17.7. The first-order valence-corrected chi connectivity index (χ1v) is 28.9. The zero-order valence-electron chi connectivity index (χ0n) is 36.2. The molecule has 310 valence electrons. The van der Waals surface area contributed by atoms with E-state index in [2.05, 4.69) is 188 Å². The predicted octanol–water partition coefficient (Wildman–Crippen LogP) is 15.5. The summed E-state index contributed by atoms with van der Waals surface area (Å²) in [6.07, 6.45) is 3.00. The summed E-state index contributed by atoms with van der Waals surface area (Å²) in [5.74, 6) is 7.99. The van der Waals surface area contributed by atoms with Crippen LogP contribution in [-0.4, -0.2) is 18.3 Å². The monoisotopic (exact) mass is 1060 g/mol. The normalized spacial score (nSPS) is 13.5. The summed E-state index contributed by atoms with van der Waals surface area (Å²) in [6.45, 7) is 4.57. The van der Waals surface area contributed by atoms with Crippen LogP contribution >= 0.6 is 0 Å². The van der Waals surface area contributed by atoms with E-state index in [1.54, 1.807) is 4.40 Å². The third-order valence-corrected chi connectivity index (χ3v) is 16.2. The van der Waals surface area contributed by atoms with Crippen molar-refractivity contribution >= 4 is 78.2 Å². The van der Waals surface area contributed by atoms with E-state index in [-0.39, 0.29) is 26.3 Å². The van der Waals surface area contributed by atoms with E-state index < -0.39 is 13.3 Å². The number of para-hydroxylation sites is 1. The number of anilines is 2. The van der Waals surface area contributed by atoms with Gasteiger partial charge in [0, 0.05) is 22.3 Å². The summed E-state index contributed by atoms with van der Waals surface area (Å²) < 4.78 is 7.67. The molecular formula is C57H48GeIrN3O. The van der Waals surface area contributed by atoms with Gasteiger partial charge in [-0.1, -0.05) is 109 Å². The van der Waals surface area contributed by atoms with Crippen molar-refractivity contribution in [3.63, 3.8) is 0 Å². The van der Waals surface area contributed by atoms with Crippen molar-refractivity contribution in [1.29, 1.82) is 0 Å².